The second-order valence-corrected chi connectivity index (χ2v) is 8.24. The fourth-order valence-electron chi connectivity index (χ4n) is 2.12. The number of hydrogen-bond acceptors (Lipinski definition) is 3. The molecule has 0 unspecified atom stereocenters. The minimum absolute atomic E-state index is 0.0131. The van der Waals surface area contributed by atoms with Gasteiger partial charge in [0.1, 0.15) is 0 Å². The highest BCUT2D eigenvalue weighted by Crippen LogP contribution is 2.28. The second kappa shape index (κ2) is 8.15. The molecule has 0 saturated heterocycles. The SMILES string of the molecule is CCCC(CCC)C(=O)Nc1ccc(S(=O)(=O)Cl)c(Br)c1. The molecule has 4 nitrogen and oxygen atoms in total. The summed E-state index contributed by atoms with van der Waals surface area (Å²) >= 11 is 3.16. The maximum absolute atomic E-state index is 12.2. The lowest BCUT2D eigenvalue weighted by molar-refractivity contribution is -0.120. The molecule has 0 aliphatic carbocycles. The quantitative estimate of drug-likeness (QED) is 0.689. The average Bonchev–Trinajstić information content (AvgIpc) is 2.37. The average molecular weight is 397 g/mol. The van der Waals surface area contributed by atoms with E-state index in [0.717, 1.165) is 25.7 Å². The molecule has 0 aromatic heterocycles. The van der Waals surface area contributed by atoms with Crippen LogP contribution in [0.2, 0.25) is 0 Å². The molecule has 1 aromatic rings. The fraction of sp³-hybridized carbons (Fsp3) is 0.500. The molecule has 0 aliphatic heterocycles. The van der Waals surface area contributed by atoms with Crippen molar-refractivity contribution in [1.29, 1.82) is 0 Å². The molecular formula is C14H19BrClNO3S. The third kappa shape index (κ3) is 5.60. The Hall–Kier alpha value is -0.590. The number of amides is 1. The van der Waals surface area contributed by atoms with Crippen molar-refractivity contribution < 1.29 is 13.2 Å². The van der Waals surface area contributed by atoms with Gasteiger partial charge in [-0.3, -0.25) is 4.79 Å². The van der Waals surface area contributed by atoms with E-state index < -0.39 is 9.05 Å². The molecule has 0 fully saturated rings. The first kappa shape index (κ1) is 18.5. The number of carbonyl (C=O) groups excluding carboxylic acids is 1. The fourth-order valence-corrected chi connectivity index (χ4v) is 4.35. The first-order valence-electron chi connectivity index (χ1n) is 6.84. The number of rotatable bonds is 7. The molecule has 1 amide bonds. The predicted octanol–water partition coefficient (Wildman–Crippen LogP) is 4.53. The highest BCUT2D eigenvalue weighted by molar-refractivity contribution is 9.10. The van der Waals surface area contributed by atoms with Crippen molar-refractivity contribution in [3.63, 3.8) is 0 Å². The van der Waals surface area contributed by atoms with Gasteiger partial charge in [-0.05, 0) is 47.0 Å². The van der Waals surface area contributed by atoms with Gasteiger partial charge in [0.25, 0.3) is 9.05 Å². The summed E-state index contributed by atoms with van der Waals surface area (Å²) in [6.45, 7) is 4.10. The number of nitrogens with one attached hydrogen (secondary N) is 1. The van der Waals surface area contributed by atoms with Crippen LogP contribution in [0.1, 0.15) is 39.5 Å². The van der Waals surface area contributed by atoms with Crippen molar-refractivity contribution in [1.82, 2.24) is 0 Å². The molecule has 0 bridgehead atoms. The van der Waals surface area contributed by atoms with E-state index in [1.807, 2.05) is 13.8 Å². The Kier molecular flexibility index (Phi) is 7.16. The van der Waals surface area contributed by atoms with E-state index in [1.54, 1.807) is 6.07 Å². The summed E-state index contributed by atoms with van der Waals surface area (Å²) in [5, 5.41) is 2.82. The van der Waals surface area contributed by atoms with Crippen LogP contribution >= 0.6 is 26.6 Å². The van der Waals surface area contributed by atoms with Crippen molar-refractivity contribution in [2.45, 2.75) is 44.4 Å². The number of carbonyl (C=O) groups is 1. The second-order valence-electron chi connectivity index (χ2n) is 4.85. The molecule has 0 spiro atoms. The lowest BCUT2D eigenvalue weighted by Crippen LogP contribution is -2.22. The van der Waals surface area contributed by atoms with E-state index in [2.05, 4.69) is 21.2 Å². The van der Waals surface area contributed by atoms with Gasteiger partial charge in [-0.25, -0.2) is 8.42 Å². The molecule has 21 heavy (non-hydrogen) atoms. The Bertz CT molecular complexity index is 598. The highest BCUT2D eigenvalue weighted by atomic mass is 79.9. The van der Waals surface area contributed by atoms with Crippen LogP contribution in [0, 0.1) is 5.92 Å². The van der Waals surface area contributed by atoms with Crippen molar-refractivity contribution >= 4 is 47.3 Å². The lowest BCUT2D eigenvalue weighted by atomic mass is 9.97. The summed E-state index contributed by atoms with van der Waals surface area (Å²) in [6, 6.07) is 4.45. The first-order chi connectivity index (χ1) is 9.79. The van der Waals surface area contributed by atoms with Gasteiger partial charge in [-0.15, -0.1) is 0 Å². The molecule has 0 heterocycles. The first-order valence-corrected chi connectivity index (χ1v) is 9.94. The van der Waals surface area contributed by atoms with E-state index in [0.29, 0.717) is 10.2 Å². The Morgan fingerprint density at radius 3 is 2.29 bits per heavy atom. The van der Waals surface area contributed by atoms with Crippen LogP contribution < -0.4 is 5.32 Å². The summed E-state index contributed by atoms with van der Waals surface area (Å²) in [7, 11) is 1.51. The molecule has 118 valence electrons. The standard InChI is InChI=1S/C14H19BrClNO3S/c1-3-5-10(6-4-2)14(18)17-11-7-8-13(12(15)9-11)21(16,19)20/h7-10H,3-6H2,1-2H3,(H,17,18). The van der Waals surface area contributed by atoms with E-state index in [9.17, 15) is 13.2 Å². The molecule has 1 rings (SSSR count). The van der Waals surface area contributed by atoms with Crippen LogP contribution in [0.4, 0.5) is 5.69 Å². The zero-order valence-corrected chi connectivity index (χ0v) is 15.2. The maximum atomic E-state index is 12.2. The molecule has 1 N–H and O–H groups in total. The topological polar surface area (TPSA) is 63.2 Å². The number of hydrogen-bond donors (Lipinski definition) is 1. The number of benzene rings is 1. The van der Waals surface area contributed by atoms with E-state index >= 15 is 0 Å². The zero-order chi connectivity index (χ0) is 16.0. The zero-order valence-electron chi connectivity index (χ0n) is 12.0. The predicted molar refractivity (Wildman–Crippen MR) is 89.1 cm³/mol. The van der Waals surface area contributed by atoms with Gasteiger partial charge in [-0.2, -0.15) is 0 Å². The van der Waals surface area contributed by atoms with Gasteiger partial charge < -0.3 is 5.32 Å². The summed E-state index contributed by atoms with van der Waals surface area (Å²) < 4.78 is 23.0. The third-order valence-corrected chi connectivity index (χ3v) is 5.41. The third-order valence-electron chi connectivity index (χ3n) is 3.11. The normalized spacial score (nSPS) is 11.7. The van der Waals surface area contributed by atoms with Crippen LogP contribution in [0.15, 0.2) is 27.6 Å². The maximum Gasteiger partial charge on any atom is 0.262 e. The molecule has 1 aromatic carbocycles. The van der Waals surface area contributed by atoms with Crippen LogP contribution in [0.25, 0.3) is 0 Å². The molecular weight excluding hydrogens is 378 g/mol. The number of anilines is 1. The van der Waals surface area contributed by atoms with Gasteiger partial charge in [0.15, 0.2) is 0 Å². The number of halogens is 2. The summed E-state index contributed by atoms with van der Waals surface area (Å²) in [4.78, 5) is 12.2. The van der Waals surface area contributed by atoms with Gasteiger partial charge in [-0.1, -0.05) is 26.7 Å². The Labute approximate surface area is 138 Å². The monoisotopic (exact) mass is 395 g/mol. The van der Waals surface area contributed by atoms with Gasteiger partial charge >= 0.3 is 0 Å². The van der Waals surface area contributed by atoms with Crippen molar-refractivity contribution in [3.05, 3.63) is 22.7 Å². The molecule has 0 aliphatic rings. The molecule has 0 saturated carbocycles. The van der Waals surface area contributed by atoms with E-state index in [4.69, 9.17) is 10.7 Å². The van der Waals surface area contributed by atoms with Crippen LogP contribution in [-0.2, 0) is 13.8 Å². The lowest BCUT2D eigenvalue weighted by Gasteiger charge is -2.15. The molecule has 0 atom stereocenters. The summed E-state index contributed by atoms with van der Waals surface area (Å²) in [6.07, 6.45) is 3.58. The van der Waals surface area contributed by atoms with Crippen LogP contribution in [0.3, 0.4) is 0 Å². The van der Waals surface area contributed by atoms with Gasteiger partial charge in [0.05, 0.1) is 4.90 Å². The smallest absolute Gasteiger partial charge is 0.262 e. The van der Waals surface area contributed by atoms with E-state index in [-0.39, 0.29) is 16.7 Å². The Morgan fingerprint density at radius 2 is 1.86 bits per heavy atom. The summed E-state index contributed by atoms with van der Waals surface area (Å²) in [5.41, 5.74) is 0.549. The van der Waals surface area contributed by atoms with Crippen molar-refractivity contribution in [2.24, 2.45) is 5.92 Å². The largest absolute Gasteiger partial charge is 0.326 e. The van der Waals surface area contributed by atoms with Crippen molar-refractivity contribution in [2.75, 3.05) is 5.32 Å². The minimum atomic E-state index is -3.80. The van der Waals surface area contributed by atoms with Crippen LogP contribution in [-0.4, -0.2) is 14.3 Å². The Balaban J connectivity index is 2.88. The van der Waals surface area contributed by atoms with E-state index in [1.165, 1.54) is 12.1 Å². The van der Waals surface area contributed by atoms with Gasteiger partial charge in [0, 0.05) is 26.8 Å². The van der Waals surface area contributed by atoms with Gasteiger partial charge in [0.2, 0.25) is 5.91 Å². The minimum Gasteiger partial charge on any atom is -0.326 e. The summed E-state index contributed by atoms with van der Waals surface area (Å²) in [5.74, 6) is -0.0534. The Morgan fingerprint density at radius 1 is 1.29 bits per heavy atom. The van der Waals surface area contributed by atoms with Crippen LogP contribution in [0.5, 0.6) is 0 Å². The molecule has 7 heteroatoms. The highest BCUT2D eigenvalue weighted by Gasteiger charge is 2.18. The molecule has 0 radical (unpaired) electrons. The van der Waals surface area contributed by atoms with Crippen molar-refractivity contribution in [3.8, 4) is 0 Å².